The molecule has 1 aromatic carbocycles. The van der Waals surface area contributed by atoms with Gasteiger partial charge in [-0.2, -0.15) is 0 Å². The molecule has 0 amide bonds. The molecule has 0 spiro atoms. The van der Waals surface area contributed by atoms with Crippen LogP contribution in [0.3, 0.4) is 0 Å². The van der Waals surface area contributed by atoms with Crippen LogP contribution in [0.2, 0.25) is 0 Å². The summed E-state index contributed by atoms with van der Waals surface area (Å²) in [6.07, 6.45) is 0.889. The Kier molecular flexibility index (Phi) is 4.82. The fourth-order valence-corrected chi connectivity index (χ4v) is 2.12. The molecule has 1 N–H and O–H groups in total. The first-order valence-corrected chi connectivity index (χ1v) is 6.63. The van der Waals surface area contributed by atoms with Crippen LogP contribution in [0.5, 0.6) is 0 Å². The number of nitrogens with zero attached hydrogens (tertiary/aromatic N) is 2. The van der Waals surface area contributed by atoms with Crippen molar-refractivity contribution in [2.45, 2.75) is 19.1 Å². The van der Waals surface area contributed by atoms with Crippen molar-refractivity contribution in [3.63, 3.8) is 0 Å². The molecule has 2 atom stereocenters. The van der Waals surface area contributed by atoms with E-state index in [4.69, 9.17) is 0 Å². The van der Waals surface area contributed by atoms with Gasteiger partial charge in [-0.25, -0.2) is 4.39 Å². The number of benzene rings is 1. The number of likely N-dealkylation sites (N-methyl/N-ethyl adjacent to an activating group) is 1. The Bertz CT molecular complexity index is 547. The van der Waals surface area contributed by atoms with Crippen molar-refractivity contribution in [1.29, 1.82) is 0 Å². The summed E-state index contributed by atoms with van der Waals surface area (Å²) in [5.41, 5.74) is 1.25. The molecule has 20 heavy (non-hydrogen) atoms. The van der Waals surface area contributed by atoms with E-state index in [9.17, 15) is 9.50 Å². The third-order valence-electron chi connectivity index (χ3n) is 3.50. The molecule has 0 saturated carbocycles. The molecule has 2 rings (SSSR count). The molecule has 0 aliphatic carbocycles. The molecule has 1 aromatic heterocycles. The van der Waals surface area contributed by atoms with E-state index in [1.54, 1.807) is 24.4 Å². The van der Waals surface area contributed by atoms with Gasteiger partial charge in [-0.3, -0.25) is 9.88 Å². The maximum absolute atomic E-state index is 13.6. The third-order valence-corrected chi connectivity index (χ3v) is 3.50. The first kappa shape index (κ1) is 14.6. The van der Waals surface area contributed by atoms with Crippen LogP contribution in [0, 0.1) is 5.82 Å². The summed E-state index contributed by atoms with van der Waals surface area (Å²) in [4.78, 5) is 6.26. The molecule has 0 aliphatic heterocycles. The third kappa shape index (κ3) is 3.40. The Morgan fingerprint density at radius 2 is 1.90 bits per heavy atom. The predicted octanol–water partition coefficient (Wildman–Crippen LogP) is 2.95. The lowest BCUT2D eigenvalue weighted by Crippen LogP contribution is -2.28. The summed E-state index contributed by atoms with van der Waals surface area (Å²) in [6, 6.07) is 12.1. The molecule has 1 heterocycles. The van der Waals surface area contributed by atoms with Gasteiger partial charge in [0, 0.05) is 24.3 Å². The lowest BCUT2D eigenvalue weighted by atomic mass is 10.1. The monoisotopic (exact) mass is 274 g/mol. The van der Waals surface area contributed by atoms with Crippen molar-refractivity contribution in [2.24, 2.45) is 0 Å². The molecule has 3 nitrogen and oxygen atoms in total. The van der Waals surface area contributed by atoms with Crippen molar-refractivity contribution >= 4 is 0 Å². The van der Waals surface area contributed by atoms with E-state index in [1.165, 1.54) is 6.07 Å². The molecule has 0 saturated heterocycles. The average molecular weight is 274 g/mol. The van der Waals surface area contributed by atoms with Gasteiger partial charge in [0.25, 0.3) is 0 Å². The van der Waals surface area contributed by atoms with Gasteiger partial charge in [-0.05, 0) is 32.2 Å². The van der Waals surface area contributed by atoms with Crippen molar-refractivity contribution in [3.8, 4) is 0 Å². The van der Waals surface area contributed by atoms with Crippen LogP contribution in [0.4, 0.5) is 4.39 Å². The lowest BCUT2D eigenvalue weighted by Gasteiger charge is -2.26. The van der Waals surface area contributed by atoms with Crippen LogP contribution < -0.4 is 0 Å². The van der Waals surface area contributed by atoms with E-state index in [-0.39, 0.29) is 11.9 Å². The van der Waals surface area contributed by atoms with Gasteiger partial charge in [0.2, 0.25) is 0 Å². The highest BCUT2D eigenvalue weighted by atomic mass is 19.1. The number of aromatic nitrogens is 1. The lowest BCUT2D eigenvalue weighted by molar-refractivity contribution is 0.104. The van der Waals surface area contributed by atoms with Crippen molar-refractivity contribution < 1.29 is 9.50 Å². The second kappa shape index (κ2) is 6.59. The van der Waals surface area contributed by atoms with E-state index in [1.807, 2.05) is 37.1 Å². The number of pyridine rings is 1. The molecule has 106 valence electrons. The van der Waals surface area contributed by atoms with Crippen LogP contribution >= 0.6 is 0 Å². The van der Waals surface area contributed by atoms with Gasteiger partial charge in [0.1, 0.15) is 5.82 Å². The number of rotatable bonds is 5. The molecule has 0 bridgehead atoms. The Morgan fingerprint density at radius 3 is 2.55 bits per heavy atom. The van der Waals surface area contributed by atoms with Crippen LogP contribution in [-0.4, -0.2) is 28.6 Å². The Hall–Kier alpha value is -1.78. The number of aliphatic hydroxyl groups excluding tert-OH is 1. The quantitative estimate of drug-likeness (QED) is 0.910. The summed E-state index contributed by atoms with van der Waals surface area (Å²) in [7, 11) is 1.89. The first-order chi connectivity index (χ1) is 9.59. The van der Waals surface area contributed by atoms with E-state index < -0.39 is 6.10 Å². The van der Waals surface area contributed by atoms with E-state index in [2.05, 4.69) is 4.98 Å². The topological polar surface area (TPSA) is 36.4 Å². The van der Waals surface area contributed by atoms with Crippen LogP contribution in [0.1, 0.15) is 30.3 Å². The van der Waals surface area contributed by atoms with Gasteiger partial charge in [0.05, 0.1) is 11.8 Å². The first-order valence-electron chi connectivity index (χ1n) is 6.63. The van der Waals surface area contributed by atoms with Gasteiger partial charge < -0.3 is 5.11 Å². The summed E-state index contributed by atoms with van der Waals surface area (Å²) >= 11 is 0. The average Bonchev–Trinajstić information content (AvgIpc) is 2.47. The summed E-state index contributed by atoms with van der Waals surface area (Å²) in [6.45, 7) is 2.36. The molecule has 0 unspecified atom stereocenters. The van der Waals surface area contributed by atoms with Gasteiger partial charge >= 0.3 is 0 Å². The number of halogens is 1. The van der Waals surface area contributed by atoms with E-state index in [0.29, 0.717) is 12.1 Å². The van der Waals surface area contributed by atoms with E-state index >= 15 is 0 Å². The molecular weight excluding hydrogens is 255 g/mol. The summed E-state index contributed by atoms with van der Waals surface area (Å²) in [5, 5.41) is 10.2. The predicted molar refractivity (Wildman–Crippen MR) is 76.6 cm³/mol. The fraction of sp³-hybridized carbons (Fsp3) is 0.312. The van der Waals surface area contributed by atoms with Crippen LogP contribution in [0.25, 0.3) is 0 Å². The number of hydrogen-bond donors (Lipinski definition) is 1. The van der Waals surface area contributed by atoms with Crippen LogP contribution in [0.15, 0.2) is 48.7 Å². The molecule has 0 fully saturated rings. The van der Waals surface area contributed by atoms with E-state index in [0.717, 1.165) is 5.69 Å². The zero-order valence-electron chi connectivity index (χ0n) is 11.7. The Balaban J connectivity index is 2.04. The Labute approximate surface area is 118 Å². The fourth-order valence-electron chi connectivity index (χ4n) is 2.12. The number of aliphatic hydroxyl groups is 1. The SMILES string of the molecule is C[C@@H](c1ccccn1)N(C)C[C@@H](O)c1ccccc1F. The molecule has 2 aromatic rings. The highest BCUT2D eigenvalue weighted by molar-refractivity contribution is 5.20. The largest absolute Gasteiger partial charge is 0.387 e. The minimum atomic E-state index is -0.854. The normalized spacial score (nSPS) is 14.2. The zero-order chi connectivity index (χ0) is 14.5. The molecular formula is C16H19FN2O. The summed E-state index contributed by atoms with van der Waals surface area (Å²) in [5.74, 6) is -0.376. The Morgan fingerprint density at radius 1 is 1.20 bits per heavy atom. The molecule has 0 radical (unpaired) electrons. The minimum Gasteiger partial charge on any atom is -0.387 e. The molecule has 0 aliphatic rings. The van der Waals surface area contributed by atoms with Crippen molar-refractivity contribution in [2.75, 3.05) is 13.6 Å². The molecule has 4 heteroatoms. The highest BCUT2D eigenvalue weighted by Crippen LogP contribution is 2.22. The highest BCUT2D eigenvalue weighted by Gasteiger charge is 2.19. The minimum absolute atomic E-state index is 0.0534. The van der Waals surface area contributed by atoms with Gasteiger partial charge in [0.15, 0.2) is 0 Å². The maximum atomic E-state index is 13.6. The smallest absolute Gasteiger partial charge is 0.129 e. The maximum Gasteiger partial charge on any atom is 0.129 e. The standard InChI is InChI=1S/C16H19FN2O/c1-12(15-9-5-6-10-18-15)19(2)11-16(20)13-7-3-4-8-14(13)17/h3-10,12,16,20H,11H2,1-2H3/t12-,16+/m0/s1. The van der Waals surface area contributed by atoms with Gasteiger partial charge in [-0.1, -0.05) is 24.3 Å². The zero-order valence-corrected chi connectivity index (χ0v) is 11.7. The second-order valence-electron chi connectivity index (χ2n) is 4.91. The number of hydrogen-bond acceptors (Lipinski definition) is 3. The second-order valence-corrected chi connectivity index (χ2v) is 4.91. The summed E-state index contributed by atoms with van der Waals surface area (Å²) < 4.78 is 13.6. The van der Waals surface area contributed by atoms with Gasteiger partial charge in [-0.15, -0.1) is 0 Å². The van der Waals surface area contributed by atoms with Crippen LogP contribution in [-0.2, 0) is 0 Å². The van der Waals surface area contributed by atoms with Crippen molar-refractivity contribution in [3.05, 3.63) is 65.7 Å². The van der Waals surface area contributed by atoms with Crippen molar-refractivity contribution in [1.82, 2.24) is 9.88 Å².